The molecule has 0 fully saturated rings. The second-order valence-electron chi connectivity index (χ2n) is 6.21. The highest BCUT2D eigenvalue weighted by molar-refractivity contribution is 5.85. The van der Waals surface area contributed by atoms with Gasteiger partial charge in [0.05, 0.1) is 5.52 Å². The van der Waals surface area contributed by atoms with Crippen molar-refractivity contribution in [2.24, 2.45) is 0 Å². The largest absolute Gasteiger partial charge is 0.508 e. The van der Waals surface area contributed by atoms with E-state index in [1.54, 1.807) is 12.1 Å². The molecule has 1 aliphatic rings. The first-order valence-corrected chi connectivity index (χ1v) is 7.88. The molecule has 4 rings (SSSR count). The first kappa shape index (κ1) is 15.8. The topological polar surface area (TPSA) is 33.1 Å². The average Bonchev–Trinajstić information content (AvgIpc) is 2.56. The molecule has 0 saturated heterocycles. The van der Waals surface area contributed by atoms with E-state index in [1.165, 1.54) is 27.8 Å². The van der Waals surface area contributed by atoms with Crippen LogP contribution in [0.25, 0.3) is 10.9 Å². The lowest BCUT2D eigenvalue weighted by Crippen LogP contribution is -2.15. The highest BCUT2D eigenvalue weighted by atomic mass is 35.5. The van der Waals surface area contributed by atoms with Gasteiger partial charge in [0, 0.05) is 11.1 Å². The van der Waals surface area contributed by atoms with Crippen molar-refractivity contribution in [3.63, 3.8) is 0 Å². The monoisotopic (exact) mass is 325 g/mol. The lowest BCUT2D eigenvalue weighted by Gasteiger charge is -2.26. The van der Waals surface area contributed by atoms with Gasteiger partial charge < -0.3 is 5.11 Å². The first-order chi connectivity index (χ1) is 10.7. The van der Waals surface area contributed by atoms with E-state index in [0.29, 0.717) is 11.7 Å². The van der Waals surface area contributed by atoms with Crippen LogP contribution in [-0.4, -0.2) is 10.1 Å². The van der Waals surface area contributed by atoms with E-state index in [9.17, 15) is 5.11 Å². The van der Waals surface area contributed by atoms with Crippen LogP contribution >= 0.6 is 12.4 Å². The summed E-state index contributed by atoms with van der Waals surface area (Å²) < 4.78 is 0. The van der Waals surface area contributed by atoms with Gasteiger partial charge in [-0.15, -0.1) is 12.4 Å². The highest BCUT2D eigenvalue weighted by Gasteiger charge is 2.23. The van der Waals surface area contributed by atoms with E-state index in [2.05, 4.69) is 43.3 Å². The van der Waals surface area contributed by atoms with Crippen molar-refractivity contribution < 1.29 is 5.11 Å². The number of benzene rings is 2. The maximum absolute atomic E-state index is 9.47. The summed E-state index contributed by atoms with van der Waals surface area (Å²) in [7, 11) is 0. The third kappa shape index (κ3) is 2.79. The van der Waals surface area contributed by atoms with Gasteiger partial charge >= 0.3 is 0 Å². The zero-order chi connectivity index (χ0) is 15.1. The van der Waals surface area contributed by atoms with Gasteiger partial charge in [-0.05, 0) is 67.0 Å². The molecule has 1 heterocycles. The quantitative estimate of drug-likeness (QED) is 0.687. The van der Waals surface area contributed by atoms with Crippen LogP contribution in [-0.2, 0) is 12.8 Å². The molecule has 2 aromatic carbocycles. The fourth-order valence-electron chi connectivity index (χ4n) is 3.65. The Bertz CT molecular complexity index is 842. The molecule has 0 spiro atoms. The number of hydrogen-bond donors (Lipinski definition) is 1. The Balaban J connectivity index is 0.00000156. The predicted molar refractivity (Wildman–Crippen MR) is 96.6 cm³/mol. The Labute approximate surface area is 142 Å². The molecule has 0 bridgehead atoms. The molecule has 0 radical (unpaired) electrons. The fraction of sp³-hybridized carbons (Fsp3) is 0.250. The zero-order valence-corrected chi connectivity index (χ0v) is 13.9. The average molecular weight is 326 g/mol. The smallest absolute Gasteiger partial charge is 0.115 e. The molecular formula is C20H20ClNO. The molecule has 2 nitrogen and oxygen atoms in total. The lowest BCUT2D eigenvalue weighted by atomic mass is 9.80. The summed E-state index contributed by atoms with van der Waals surface area (Å²) in [6.07, 6.45) is 3.21. The second-order valence-corrected chi connectivity index (χ2v) is 6.21. The molecule has 0 amide bonds. The number of aryl methyl sites for hydroxylation is 2. The van der Waals surface area contributed by atoms with Crippen LogP contribution in [0.3, 0.4) is 0 Å². The molecule has 3 aromatic rings. The number of halogens is 1. The maximum Gasteiger partial charge on any atom is 0.115 e. The fourth-order valence-corrected chi connectivity index (χ4v) is 3.65. The van der Waals surface area contributed by atoms with Gasteiger partial charge in [0.15, 0.2) is 0 Å². The first-order valence-electron chi connectivity index (χ1n) is 7.88. The summed E-state index contributed by atoms with van der Waals surface area (Å²) in [5, 5.41) is 10.7. The van der Waals surface area contributed by atoms with Crippen LogP contribution in [0.4, 0.5) is 0 Å². The van der Waals surface area contributed by atoms with Crippen LogP contribution in [0, 0.1) is 6.92 Å². The highest BCUT2D eigenvalue weighted by Crippen LogP contribution is 2.36. The lowest BCUT2D eigenvalue weighted by molar-refractivity contribution is 0.474. The van der Waals surface area contributed by atoms with Crippen molar-refractivity contribution in [1.82, 2.24) is 4.98 Å². The van der Waals surface area contributed by atoms with Gasteiger partial charge in [-0.25, -0.2) is 0 Å². The molecule has 23 heavy (non-hydrogen) atoms. The Hall–Kier alpha value is -2.06. The van der Waals surface area contributed by atoms with Gasteiger partial charge in [-0.1, -0.05) is 30.3 Å². The maximum atomic E-state index is 9.47. The number of para-hydroxylation sites is 1. The number of pyridine rings is 1. The van der Waals surface area contributed by atoms with Crippen molar-refractivity contribution in [1.29, 1.82) is 0 Å². The van der Waals surface area contributed by atoms with Crippen molar-refractivity contribution in [3.8, 4) is 5.75 Å². The molecule has 1 aromatic heterocycles. The summed E-state index contributed by atoms with van der Waals surface area (Å²) in [5.41, 5.74) is 6.50. The standard InChI is InChI=1S/C20H19NO.ClH/c1-13-17-4-2-3-5-19(17)21-20-11-8-15(12-18(13)20)14-6-9-16(22)10-7-14;/h2-7,9-10,15,22H,8,11-12H2,1H3;1H. The van der Waals surface area contributed by atoms with Crippen molar-refractivity contribution >= 4 is 23.3 Å². The minimum atomic E-state index is 0. The van der Waals surface area contributed by atoms with Crippen molar-refractivity contribution in [3.05, 3.63) is 70.9 Å². The zero-order valence-electron chi connectivity index (χ0n) is 13.1. The van der Waals surface area contributed by atoms with E-state index in [-0.39, 0.29) is 12.4 Å². The van der Waals surface area contributed by atoms with Gasteiger partial charge in [0.1, 0.15) is 5.75 Å². The Morgan fingerprint density at radius 2 is 1.78 bits per heavy atom. The summed E-state index contributed by atoms with van der Waals surface area (Å²) in [4.78, 5) is 4.88. The number of rotatable bonds is 1. The Morgan fingerprint density at radius 3 is 2.57 bits per heavy atom. The third-order valence-electron chi connectivity index (χ3n) is 4.91. The van der Waals surface area contributed by atoms with Gasteiger partial charge in [-0.3, -0.25) is 4.98 Å². The van der Waals surface area contributed by atoms with Crippen LogP contribution < -0.4 is 0 Å². The SMILES string of the molecule is Cc1c2c(nc3ccccc13)CCC(c1ccc(O)cc1)C2.Cl. The Morgan fingerprint density at radius 1 is 1.04 bits per heavy atom. The molecule has 3 heteroatoms. The number of phenolic OH excluding ortho intramolecular Hbond substituents is 1. The van der Waals surface area contributed by atoms with Crippen molar-refractivity contribution in [2.45, 2.75) is 32.1 Å². The van der Waals surface area contributed by atoms with E-state index in [4.69, 9.17) is 4.98 Å². The van der Waals surface area contributed by atoms with Gasteiger partial charge in [0.25, 0.3) is 0 Å². The summed E-state index contributed by atoms with van der Waals surface area (Å²) in [6.45, 7) is 2.22. The minimum absolute atomic E-state index is 0. The van der Waals surface area contributed by atoms with E-state index in [0.717, 1.165) is 24.8 Å². The van der Waals surface area contributed by atoms with Crippen LogP contribution in [0.15, 0.2) is 48.5 Å². The molecule has 0 aliphatic heterocycles. The number of aromatic nitrogens is 1. The number of fused-ring (bicyclic) bond motifs is 2. The van der Waals surface area contributed by atoms with E-state index in [1.807, 2.05) is 0 Å². The normalized spacial score (nSPS) is 16.7. The number of phenols is 1. The molecule has 1 aliphatic carbocycles. The van der Waals surface area contributed by atoms with Gasteiger partial charge in [0.2, 0.25) is 0 Å². The van der Waals surface area contributed by atoms with E-state index < -0.39 is 0 Å². The van der Waals surface area contributed by atoms with Gasteiger partial charge in [-0.2, -0.15) is 0 Å². The molecule has 1 atom stereocenters. The van der Waals surface area contributed by atoms with Crippen LogP contribution in [0.1, 0.15) is 34.7 Å². The molecule has 1 N–H and O–H groups in total. The third-order valence-corrected chi connectivity index (χ3v) is 4.91. The summed E-state index contributed by atoms with van der Waals surface area (Å²) in [6, 6.07) is 16.1. The minimum Gasteiger partial charge on any atom is -0.508 e. The summed E-state index contributed by atoms with van der Waals surface area (Å²) >= 11 is 0. The van der Waals surface area contributed by atoms with Crippen LogP contribution in [0.5, 0.6) is 5.75 Å². The molecule has 1 unspecified atom stereocenters. The Kier molecular flexibility index (Phi) is 4.27. The predicted octanol–water partition coefficient (Wildman–Crippen LogP) is 4.94. The number of nitrogens with zero attached hydrogens (tertiary/aromatic N) is 1. The molecule has 118 valence electrons. The second kappa shape index (κ2) is 6.21. The van der Waals surface area contributed by atoms with Crippen LogP contribution in [0.2, 0.25) is 0 Å². The number of hydrogen-bond acceptors (Lipinski definition) is 2. The summed E-state index contributed by atoms with van der Waals surface area (Å²) in [5.74, 6) is 0.860. The van der Waals surface area contributed by atoms with E-state index >= 15 is 0 Å². The molecular weight excluding hydrogens is 306 g/mol. The number of aromatic hydroxyl groups is 1. The van der Waals surface area contributed by atoms with Crippen molar-refractivity contribution in [2.75, 3.05) is 0 Å². The molecule has 0 saturated carbocycles.